The second kappa shape index (κ2) is 5.87. The highest BCUT2D eigenvalue weighted by Crippen LogP contribution is 2.31. The van der Waals surface area contributed by atoms with Crippen molar-refractivity contribution in [1.82, 2.24) is 0 Å². The van der Waals surface area contributed by atoms with E-state index in [-0.39, 0.29) is 18.6 Å². The van der Waals surface area contributed by atoms with Gasteiger partial charge in [0, 0.05) is 6.54 Å². The smallest absolute Gasteiger partial charge is 0.265 e. The van der Waals surface area contributed by atoms with Crippen LogP contribution < -0.4 is 9.64 Å². The molecule has 1 heterocycles. The summed E-state index contributed by atoms with van der Waals surface area (Å²) in [6.07, 6.45) is 2.33. The molecule has 1 amide bonds. The molecule has 1 N–H and O–H groups in total. The predicted octanol–water partition coefficient (Wildman–Crippen LogP) is 1.96. The van der Waals surface area contributed by atoms with E-state index in [1.54, 1.807) is 11.8 Å². The van der Waals surface area contributed by atoms with E-state index in [0.717, 1.165) is 30.7 Å². The van der Waals surface area contributed by atoms with Gasteiger partial charge in [-0.15, -0.1) is 0 Å². The molecular formula is C14H19NO3. The number of anilines is 1. The molecule has 0 saturated heterocycles. The monoisotopic (exact) mass is 249 g/mol. The van der Waals surface area contributed by atoms with E-state index in [4.69, 9.17) is 4.74 Å². The molecule has 0 saturated carbocycles. The van der Waals surface area contributed by atoms with E-state index >= 15 is 0 Å². The van der Waals surface area contributed by atoms with Crippen molar-refractivity contribution in [2.75, 3.05) is 18.1 Å². The molecule has 4 nitrogen and oxygen atoms in total. The van der Waals surface area contributed by atoms with E-state index < -0.39 is 0 Å². The molecule has 2 rings (SSSR count). The zero-order valence-electron chi connectivity index (χ0n) is 10.6. The molecule has 1 aliphatic rings. The number of nitrogens with zero attached hydrogens (tertiary/aromatic N) is 1. The lowest BCUT2D eigenvalue weighted by atomic mass is 10.1. The summed E-state index contributed by atoms with van der Waals surface area (Å²) in [5, 5.41) is 9.20. The number of unbranched alkanes of at least 4 members (excludes halogenated alkanes) is 1. The molecule has 0 fully saturated rings. The number of carbonyl (C=O) groups is 1. The Balaban J connectivity index is 1.97. The average Bonchev–Trinajstić information content (AvgIpc) is 2.36. The van der Waals surface area contributed by atoms with Crippen LogP contribution in [0.15, 0.2) is 24.3 Å². The zero-order valence-corrected chi connectivity index (χ0v) is 10.6. The van der Waals surface area contributed by atoms with Gasteiger partial charge in [0.25, 0.3) is 5.91 Å². The highest BCUT2D eigenvalue weighted by molar-refractivity contribution is 5.97. The summed E-state index contributed by atoms with van der Waals surface area (Å²) in [5.41, 5.74) is 0.853. The Hall–Kier alpha value is -1.55. The molecule has 0 radical (unpaired) electrons. The van der Waals surface area contributed by atoms with Crippen LogP contribution in [0.3, 0.4) is 0 Å². The minimum Gasteiger partial charge on any atom is -0.482 e. The zero-order chi connectivity index (χ0) is 13.0. The van der Waals surface area contributed by atoms with Gasteiger partial charge in [-0.05, 0) is 38.3 Å². The van der Waals surface area contributed by atoms with Crippen LogP contribution in [0.25, 0.3) is 0 Å². The molecule has 1 aromatic rings. The summed E-state index contributed by atoms with van der Waals surface area (Å²) in [6.45, 7) is 2.59. The fraction of sp³-hybridized carbons (Fsp3) is 0.500. The molecular weight excluding hydrogens is 230 g/mol. The maximum atomic E-state index is 11.8. The number of para-hydroxylation sites is 2. The lowest BCUT2D eigenvalue weighted by Gasteiger charge is -2.29. The number of benzene rings is 1. The Bertz CT molecular complexity index is 417. The first-order valence-corrected chi connectivity index (χ1v) is 6.39. The van der Waals surface area contributed by atoms with Gasteiger partial charge in [-0.1, -0.05) is 12.1 Å². The van der Waals surface area contributed by atoms with Crippen molar-refractivity contribution < 1.29 is 14.6 Å². The maximum Gasteiger partial charge on any atom is 0.265 e. The standard InChI is InChI=1S/C14H19NO3/c1-11(16)6-4-5-9-15-12-7-2-3-8-13(12)18-10-14(15)17/h2-3,7-8,11,16H,4-6,9-10H2,1H3. The molecule has 1 unspecified atom stereocenters. The number of fused-ring (bicyclic) bond motifs is 1. The van der Waals surface area contributed by atoms with Crippen LogP contribution >= 0.6 is 0 Å². The normalized spacial score (nSPS) is 16.1. The number of aliphatic hydroxyl groups excluding tert-OH is 1. The number of aliphatic hydroxyl groups is 1. The minimum atomic E-state index is -0.266. The lowest BCUT2D eigenvalue weighted by Crippen LogP contribution is -2.39. The van der Waals surface area contributed by atoms with Gasteiger partial charge in [0.1, 0.15) is 5.75 Å². The fourth-order valence-corrected chi connectivity index (χ4v) is 2.11. The molecule has 4 heteroatoms. The van der Waals surface area contributed by atoms with E-state index in [1.807, 2.05) is 24.3 Å². The third kappa shape index (κ3) is 3.01. The summed E-state index contributed by atoms with van der Waals surface area (Å²) >= 11 is 0. The quantitative estimate of drug-likeness (QED) is 0.812. The summed E-state index contributed by atoms with van der Waals surface area (Å²) in [5.74, 6) is 0.776. The van der Waals surface area contributed by atoms with E-state index in [0.29, 0.717) is 6.54 Å². The van der Waals surface area contributed by atoms with Crippen molar-refractivity contribution in [3.63, 3.8) is 0 Å². The third-order valence-corrected chi connectivity index (χ3v) is 3.06. The Labute approximate surface area is 107 Å². The molecule has 1 aliphatic heterocycles. The highest BCUT2D eigenvalue weighted by Gasteiger charge is 2.24. The van der Waals surface area contributed by atoms with Crippen molar-refractivity contribution in [2.45, 2.75) is 32.3 Å². The van der Waals surface area contributed by atoms with Gasteiger partial charge in [0.05, 0.1) is 11.8 Å². The highest BCUT2D eigenvalue weighted by atomic mass is 16.5. The summed E-state index contributed by atoms with van der Waals surface area (Å²) in [6, 6.07) is 7.59. The molecule has 18 heavy (non-hydrogen) atoms. The van der Waals surface area contributed by atoms with Crippen LogP contribution in [-0.4, -0.2) is 30.3 Å². The lowest BCUT2D eigenvalue weighted by molar-refractivity contribution is -0.121. The molecule has 0 spiro atoms. The van der Waals surface area contributed by atoms with Crippen molar-refractivity contribution >= 4 is 11.6 Å². The Morgan fingerprint density at radius 3 is 2.94 bits per heavy atom. The van der Waals surface area contributed by atoms with E-state index in [9.17, 15) is 9.90 Å². The largest absolute Gasteiger partial charge is 0.482 e. The number of hydrogen-bond donors (Lipinski definition) is 1. The van der Waals surface area contributed by atoms with Gasteiger partial charge in [-0.3, -0.25) is 4.79 Å². The van der Waals surface area contributed by atoms with Crippen molar-refractivity contribution in [1.29, 1.82) is 0 Å². The third-order valence-electron chi connectivity index (χ3n) is 3.06. The first kappa shape index (κ1) is 12.9. The van der Waals surface area contributed by atoms with Gasteiger partial charge in [0.15, 0.2) is 6.61 Å². The summed E-state index contributed by atoms with van der Waals surface area (Å²) in [4.78, 5) is 13.6. The SMILES string of the molecule is CC(O)CCCCN1C(=O)COc2ccccc21. The Morgan fingerprint density at radius 2 is 2.17 bits per heavy atom. The first-order chi connectivity index (χ1) is 8.68. The number of rotatable bonds is 5. The second-order valence-electron chi connectivity index (χ2n) is 4.65. The number of amides is 1. The maximum absolute atomic E-state index is 11.8. The second-order valence-corrected chi connectivity index (χ2v) is 4.65. The van der Waals surface area contributed by atoms with Gasteiger partial charge in [-0.2, -0.15) is 0 Å². The van der Waals surface area contributed by atoms with Crippen LogP contribution in [0.5, 0.6) is 5.75 Å². The van der Waals surface area contributed by atoms with Gasteiger partial charge < -0.3 is 14.7 Å². The van der Waals surface area contributed by atoms with Gasteiger partial charge in [0.2, 0.25) is 0 Å². The van der Waals surface area contributed by atoms with Crippen LogP contribution in [0, 0.1) is 0 Å². The number of carbonyl (C=O) groups excluding carboxylic acids is 1. The fourth-order valence-electron chi connectivity index (χ4n) is 2.11. The topological polar surface area (TPSA) is 49.8 Å². The number of ether oxygens (including phenoxy) is 1. The molecule has 0 aromatic heterocycles. The molecule has 0 aliphatic carbocycles. The van der Waals surface area contributed by atoms with Crippen LogP contribution in [0.1, 0.15) is 26.2 Å². The molecule has 1 atom stereocenters. The summed E-state index contributed by atoms with van der Waals surface area (Å²) in [7, 11) is 0. The predicted molar refractivity (Wildman–Crippen MR) is 69.8 cm³/mol. The first-order valence-electron chi connectivity index (χ1n) is 6.39. The summed E-state index contributed by atoms with van der Waals surface area (Å²) < 4.78 is 5.38. The minimum absolute atomic E-state index is 0.00532. The Kier molecular flexibility index (Phi) is 4.20. The number of hydrogen-bond acceptors (Lipinski definition) is 3. The van der Waals surface area contributed by atoms with E-state index in [1.165, 1.54) is 0 Å². The average molecular weight is 249 g/mol. The Morgan fingerprint density at radius 1 is 1.39 bits per heavy atom. The van der Waals surface area contributed by atoms with Crippen molar-refractivity contribution in [3.05, 3.63) is 24.3 Å². The van der Waals surface area contributed by atoms with Gasteiger partial charge in [-0.25, -0.2) is 0 Å². The van der Waals surface area contributed by atoms with Crippen LogP contribution in [0.4, 0.5) is 5.69 Å². The van der Waals surface area contributed by atoms with Crippen molar-refractivity contribution in [3.8, 4) is 5.75 Å². The van der Waals surface area contributed by atoms with E-state index in [2.05, 4.69) is 0 Å². The van der Waals surface area contributed by atoms with Crippen LogP contribution in [0.2, 0.25) is 0 Å². The molecule has 0 bridgehead atoms. The van der Waals surface area contributed by atoms with Crippen molar-refractivity contribution in [2.24, 2.45) is 0 Å². The van der Waals surface area contributed by atoms with Gasteiger partial charge >= 0.3 is 0 Å². The molecule has 98 valence electrons. The van der Waals surface area contributed by atoms with Crippen LogP contribution in [-0.2, 0) is 4.79 Å². The molecule has 1 aromatic carbocycles.